The number of ether oxygens (including phenoxy) is 3. The molecule has 0 aliphatic heterocycles. The molecule has 0 spiro atoms. The zero-order chi connectivity index (χ0) is 20.1. The number of carbonyl (C=O) groups excluding carboxylic acids is 2. The highest BCUT2D eigenvalue weighted by Gasteiger charge is 2.08. The van der Waals surface area contributed by atoms with E-state index in [1.165, 1.54) is 6.07 Å². The first kappa shape index (κ1) is 26.1. The van der Waals surface area contributed by atoms with Gasteiger partial charge in [0.15, 0.2) is 5.75 Å². The summed E-state index contributed by atoms with van der Waals surface area (Å²) in [5.74, 6) is -0.846. The van der Waals surface area contributed by atoms with Gasteiger partial charge in [-0.25, -0.2) is 0 Å². The van der Waals surface area contributed by atoms with Crippen LogP contribution >= 0.6 is 12.4 Å². The summed E-state index contributed by atoms with van der Waals surface area (Å²) < 4.78 is 17.4. The molecule has 0 aromatic carbocycles. The Morgan fingerprint density at radius 2 is 1.75 bits per heavy atom. The molecule has 0 amide bonds. The molecule has 1 aromatic heterocycles. The van der Waals surface area contributed by atoms with Crippen LogP contribution in [0.1, 0.15) is 25.5 Å². The van der Waals surface area contributed by atoms with Gasteiger partial charge in [-0.2, -0.15) is 0 Å². The van der Waals surface area contributed by atoms with Crippen LogP contribution in [0.25, 0.3) is 0 Å². The molecule has 9 nitrogen and oxygen atoms in total. The number of hydrogen-bond acceptors (Lipinski definition) is 8. The predicted octanol–water partition coefficient (Wildman–Crippen LogP) is 0.423. The fourth-order valence-electron chi connectivity index (χ4n) is 2.30. The average Bonchev–Trinajstić information content (AvgIpc) is 2.67. The van der Waals surface area contributed by atoms with Gasteiger partial charge in [0.25, 0.3) is 0 Å². The van der Waals surface area contributed by atoms with E-state index in [0.717, 1.165) is 0 Å². The number of ketones is 1. The molecule has 160 valence electrons. The molecular formula is C18H29ClN2O7. The quantitative estimate of drug-likeness (QED) is 0.327. The largest absolute Gasteiger partial charge is 0.503 e. The third-order valence-corrected chi connectivity index (χ3v) is 3.77. The van der Waals surface area contributed by atoms with E-state index in [4.69, 9.17) is 19.9 Å². The summed E-state index contributed by atoms with van der Waals surface area (Å²) in [5.41, 5.74) is 5.35. The first-order valence-corrected chi connectivity index (χ1v) is 8.93. The molecule has 28 heavy (non-hydrogen) atoms. The third kappa shape index (κ3) is 9.84. The number of aromatic hydroxyl groups is 1. The Balaban J connectivity index is 0.00000729. The second-order valence-corrected chi connectivity index (χ2v) is 5.71. The predicted molar refractivity (Wildman–Crippen MR) is 105 cm³/mol. The van der Waals surface area contributed by atoms with Gasteiger partial charge in [-0.05, 0) is 6.42 Å². The Bertz CT molecular complexity index is 664. The van der Waals surface area contributed by atoms with Crippen LogP contribution < -0.4 is 11.2 Å². The van der Waals surface area contributed by atoms with Crippen LogP contribution in [0.2, 0.25) is 0 Å². The number of aromatic nitrogens is 1. The molecule has 0 radical (unpaired) electrons. The first-order chi connectivity index (χ1) is 13.0. The number of nitrogens with zero attached hydrogens (tertiary/aromatic N) is 1. The normalized spacial score (nSPS) is 10.4. The second-order valence-electron chi connectivity index (χ2n) is 5.71. The van der Waals surface area contributed by atoms with E-state index >= 15 is 0 Å². The summed E-state index contributed by atoms with van der Waals surface area (Å²) in [4.78, 5) is 33.7. The van der Waals surface area contributed by atoms with Gasteiger partial charge in [0.2, 0.25) is 5.43 Å². The fourth-order valence-corrected chi connectivity index (χ4v) is 2.30. The Kier molecular flexibility index (Phi) is 14.0. The van der Waals surface area contributed by atoms with Crippen LogP contribution in [0.4, 0.5) is 0 Å². The summed E-state index contributed by atoms with van der Waals surface area (Å²) in [6.45, 7) is 3.78. The molecule has 0 atom stereocenters. The number of nitrogens with two attached hydrogens (primary N) is 1. The van der Waals surface area contributed by atoms with Gasteiger partial charge in [0.1, 0.15) is 12.4 Å². The minimum absolute atomic E-state index is 0. The monoisotopic (exact) mass is 420 g/mol. The smallest absolute Gasteiger partial charge is 0.306 e. The maximum Gasteiger partial charge on any atom is 0.306 e. The SMILES string of the molecule is CCc1c(O)c(=O)ccn1CCOCCOCCOC(=O)CCC(=O)CN.Cl. The molecule has 3 N–H and O–H groups in total. The second kappa shape index (κ2) is 15.0. The van der Waals surface area contributed by atoms with Crippen molar-refractivity contribution in [1.82, 2.24) is 4.57 Å². The lowest BCUT2D eigenvalue weighted by Gasteiger charge is -2.13. The van der Waals surface area contributed by atoms with Crippen LogP contribution in [-0.4, -0.2) is 61.0 Å². The molecule has 0 aliphatic rings. The van der Waals surface area contributed by atoms with Crippen LogP contribution in [-0.2, 0) is 36.8 Å². The van der Waals surface area contributed by atoms with Crippen LogP contribution in [0.5, 0.6) is 5.75 Å². The minimum atomic E-state index is -0.451. The summed E-state index contributed by atoms with van der Waals surface area (Å²) in [5, 5.41) is 9.76. The Hall–Kier alpha value is -1.94. The highest BCUT2D eigenvalue weighted by atomic mass is 35.5. The van der Waals surface area contributed by atoms with Gasteiger partial charge >= 0.3 is 5.97 Å². The molecule has 10 heteroatoms. The van der Waals surface area contributed by atoms with Crippen molar-refractivity contribution in [2.75, 3.05) is 39.6 Å². The zero-order valence-corrected chi connectivity index (χ0v) is 16.9. The van der Waals surface area contributed by atoms with Crippen molar-refractivity contribution in [2.45, 2.75) is 32.7 Å². The molecule has 1 aromatic rings. The van der Waals surface area contributed by atoms with Gasteiger partial charge in [-0.3, -0.25) is 14.4 Å². The van der Waals surface area contributed by atoms with Crippen molar-refractivity contribution in [2.24, 2.45) is 5.73 Å². The molecule has 0 saturated heterocycles. The number of esters is 1. The van der Waals surface area contributed by atoms with Crippen molar-refractivity contribution >= 4 is 24.2 Å². The summed E-state index contributed by atoms with van der Waals surface area (Å²) >= 11 is 0. The molecule has 1 rings (SSSR count). The van der Waals surface area contributed by atoms with E-state index in [0.29, 0.717) is 38.5 Å². The lowest BCUT2D eigenvalue weighted by Crippen LogP contribution is -2.17. The van der Waals surface area contributed by atoms with Crippen molar-refractivity contribution in [3.8, 4) is 5.75 Å². The Morgan fingerprint density at radius 1 is 1.11 bits per heavy atom. The lowest BCUT2D eigenvalue weighted by atomic mass is 10.2. The highest BCUT2D eigenvalue weighted by Crippen LogP contribution is 2.11. The number of rotatable bonds is 14. The molecule has 0 aliphatic carbocycles. The van der Waals surface area contributed by atoms with Gasteiger partial charge in [0.05, 0.1) is 45.1 Å². The minimum Gasteiger partial charge on any atom is -0.503 e. The zero-order valence-electron chi connectivity index (χ0n) is 16.1. The maximum atomic E-state index is 11.4. The molecule has 0 bridgehead atoms. The van der Waals surface area contributed by atoms with Gasteiger partial charge in [-0.15, -0.1) is 12.4 Å². The van der Waals surface area contributed by atoms with Crippen molar-refractivity contribution < 1.29 is 28.9 Å². The number of pyridine rings is 1. The van der Waals surface area contributed by atoms with E-state index in [2.05, 4.69) is 0 Å². The van der Waals surface area contributed by atoms with E-state index in [-0.39, 0.29) is 62.0 Å². The van der Waals surface area contributed by atoms with E-state index in [1.807, 2.05) is 6.92 Å². The standard InChI is InChI=1S/C18H28N2O7.ClH/c1-2-15-18(24)16(22)5-6-20(15)7-8-25-9-10-26-11-12-27-17(23)4-3-14(21)13-19;/h5-6,24H,2-4,7-13,19H2,1H3;1H. The molecule has 0 unspecified atom stereocenters. The van der Waals surface area contributed by atoms with Crippen molar-refractivity contribution in [3.05, 3.63) is 28.2 Å². The van der Waals surface area contributed by atoms with Gasteiger partial charge in [0, 0.05) is 25.2 Å². The summed E-state index contributed by atoms with van der Waals surface area (Å²) in [6, 6.07) is 1.32. The van der Waals surface area contributed by atoms with Crippen LogP contribution in [0.15, 0.2) is 17.1 Å². The maximum absolute atomic E-state index is 11.4. The Morgan fingerprint density at radius 3 is 2.39 bits per heavy atom. The molecule has 0 saturated carbocycles. The molecule has 0 fully saturated rings. The fraction of sp³-hybridized carbons (Fsp3) is 0.611. The van der Waals surface area contributed by atoms with Gasteiger partial charge in [-0.1, -0.05) is 6.92 Å². The Labute approximate surface area is 170 Å². The first-order valence-electron chi connectivity index (χ1n) is 8.93. The van der Waals surface area contributed by atoms with Crippen LogP contribution in [0.3, 0.4) is 0 Å². The van der Waals surface area contributed by atoms with Crippen molar-refractivity contribution in [1.29, 1.82) is 0 Å². The van der Waals surface area contributed by atoms with E-state index in [9.17, 15) is 19.5 Å². The third-order valence-electron chi connectivity index (χ3n) is 3.77. The van der Waals surface area contributed by atoms with E-state index < -0.39 is 5.97 Å². The van der Waals surface area contributed by atoms with Gasteiger partial charge < -0.3 is 29.6 Å². The molecular weight excluding hydrogens is 392 g/mol. The summed E-state index contributed by atoms with van der Waals surface area (Å²) in [7, 11) is 0. The van der Waals surface area contributed by atoms with Crippen LogP contribution in [0, 0.1) is 0 Å². The van der Waals surface area contributed by atoms with E-state index in [1.54, 1.807) is 10.8 Å². The number of Topliss-reactive ketones (excluding diaryl/α,β-unsaturated/α-hetero) is 1. The number of halogens is 1. The number of carbonyl (C=O) groups is 2. The average molecular weight is 421 g/mol. The molecule has 1 heterocycles. The highest BCUT2D eigenvalue weighted by molar-refractivity contribution is 5.85. The topological polar surface area (TPSA) is 130 Å². The lowest BCUT2D eigenvalue weighted by molar-refractivity contribution is -0.146. The number of hydrogen-bond donors (Lipinski definition) is 2. The van der Waals surface area contributed by atoms with Crippen molar-refractivity contribution in [3.63, 3.8) is 0 Å². The summed E-state index contributed by atoms with van der Waals surface area (Å²) in [6.07, 6.45) is 2.30.